The molecule has 2 aromatic carbocycles. The molecule has 0 spiro atoms. The van der Waals surface area contributed by atoms with Crippen LogP contribution in [0.25, 0.3) is 12.2 Å². The number of carbonyl (C=O) groups is 1. The summed E-state index contributed by atoms with van der Waals surface area (Å²) in [6, 6.07) is 16.6. The van der Waals surface area contributed by atoms with Gasteiger partial charge in [-0.15, -0.1) is 0 Å². The van der Waals surface area contributed by atoms with E-state index in [0.29, 0.717) is 0 Å². The minimum atomic E-state index is -0.231. The molecule has 0 radical (unpaired) electrons. The van der Waals surface area contributed by atoms with E-state index in [4.69, 9.17) is 5.73 Å². The van der Waals surface area contributed by atoms with E-state index < -0.39 is 0 Å². The minimum absolute atomic E-state index is 0.163. The van der Waals surface area contributed by atoms with E-state index in [0.717, 1.165) is 30.6 Å². The maximum Gasteiger partial charge on any atom is 0.240 e. The van der Waals surface area contributed by atoms with Gasteiger partial charge in [0.2, 0.25) is 5.91 Å². The number of anilines is 1. The Bertz CT molecular complexity index is 701. The molecule has 0 saturated carbocycles. The number of primary amides is 1. The summed E-state index contributed by atoms with van der Waals surface area (Å²) in [7, 11) is 0. The largest absolute Gasteiger partial charge is 0.368 e. The zero-order chi connectivity index (χ0) is 16.2. The van der Waals surface area contributed by atoms with E-state index >= 15 is 0 Å². The van der Waals surface area contributed by atoms with E-state index in [9.17, 15) is 4.79 Å². The first-order valence-electron chi connectivity index (χ1n) is 8.04. The molecule has 0 aromatic heterocycles. The number of hydrogen-bond acceptors (Lipinski definition) is 2. The van der Waals surface area contributed by atoms with Gasteiger partial charge in [-0.2, -0.15) is 0 Å². The van der Waals surface area contributed by atoms with Gasteiger partial charge in [-0.25, -0.2) is 0 Å². The monoisotopic (exact) mass is 306 g/mol. The van der Waals surface area contributed by atoms with Crippen LogP contribution in [0.2, 0.25) is 0 Å². The number of hydrogen-bond donors (Lipinski definition) is 1. The van der Waals surface area contributed by atoms with Gasteiger partial charge in [0, 0.05) is 12.2 Å². The van der Waals surface area contributed by atoms with Crippen LogP contribution in [0.4, 0.5) is 5.69 Å². The number of aryl methyl sites for hydroxylation is 1. The molecule has 2 N–H and O–H groups in total. The number of nitrogens with two attached hydrogens (primary N) is 1. The van der Waals surface area contributed by atoms with Crippen LogP contribution >= 0.6 is 0 Å². The van der Waals surface area contributed by atoms with Crippen molar-refractivity contribution in [1.82, 2.24) is 0 Å². The Morgan fingerprint density at radius 1 is 1.04 bits per heavy atom. The van der Waals surface area contributed by atoms with Crippen LogP contribution < -0.4 is 10.6 Å². The lowest BCUT2D eigenvalue weighted by atomic mass is 10.1. The predicted octanol–water partition coefficient (Wildman–Crippen LogP) is 3.62. The van der Waals surface area contributed by atoms with Gasteiger partial charge in [0.05, 0.1) is 0 Å². The summed E-state index contributed by atoms with van der Waals surface area (Å²) < 4.78 is 0. The Morgan fingerprint density at radius 2 is 1.61 bits per heavy atom. The van der Waals surface area contributed by atoms with Crippen LogP contribution in [0.3, 0.4) is 0 Å². The molecule has 1 amide bonds. The van der Waals surface area contributed by atoms with E-state index in [1.54, 1.807) is 0 Å². The summed E-state index contributed by atoms with van der Waals surface area (Å²) in [5.41, 5.74) is 10.2. The Balaban J connectivity index is 1.72. The zero-order valence-corrected chi connectivity index (χ0v) is 13.4. The number of nitrogens with zero attached hydrogens (tertiary/aromatic N) is 1. The molecule has 23 heavy (non-hydrogen) atoms. The highest BCUT2D eigenvalue weighted by molar-refractivity contribution is 5.84. The van der Waals surface area contributed by atoms with Crippen molar-refractivity contribution < 1.29 is 4.79 Å². The highest BCUT2D eigenvalue weighted by atomic mass is 16.1. The topological polar surface area (TPSA) is 46.3 Å². The predicted molar refractivity (Wildman–Crippen MR) is 96.1 cm³/mol. The van der Waals surface area contributed by atoms with Gasteiger partial charge in [-0.3, -0.25) is 4.79 Å². The Hall–Kier alpha value is -2.55. The van der Waals surface area contributed by atoms with E-state index in [1.807, 2.05) is 0 Å². The molecule has 118 valence electrons. The Morgan fingerprint density at radius 3 is 2.17 bits per heavy atom. The molecule has 1 fully saturated rings. The molecular weight excluding hydrogens is 284 g/mol. The summed E-state index contributed by atoms with van der Waals surface area (Å²) in [5.74, 6) is -0.231. The van der Waals surface area contributed by atoms with Crippen molar-refractivity contribution in [2.45, 2.75) is 25.8 Å². The second-order valence-corrected chi connectivity index (χ2v) is 6.09. The highest BCUT2D eigenvalue weighted by Gasteiger charge is 2.28. The van der Waals surface area contributed by atoms with Gasteiger partial charge < -0.3 is 10.6 Å². The fourth-order valence-electron chi connectivity index (χ4n) is 3.02. The first kappa shape index (κ1) is 15.3. The molecule has 0 unspecified atom stereocenters. The van der Waals surface area contributed by atoms with Crippen LogP contribution in [0, 0.1) is 6.92 Å². The third kappa shape index (κ3) is 3.62. The lowest BCUT2D eigenvalue weighted by molar-refractivity contribution is -0.119. The van der Waals surface area contributed by atoms with Gasteiger partial charge in [0.25, 0.3) is 0 Å². The van der Waals surface area contributed by atoms with Crippen molar-refractivity contribution in [1.29, 1.82) is 0 Å². The molecule has 1 heterocycles. The molecule has 3 nitrogen and oxygen atoms in total. The third-order valence-corrected chi connectivity index (χ3v) is 4.35. The molecule has 3 heteroatoms. The maximum atomic E-state index is 11.5. The molecule has 0 bridgehead atoms. The zero-order valence-electron chi connectivity index (χ0n) is 13.4. The second kappa shape index (κ2) is 6.69. The number of benzene rings is 2. The van der Waals surface area contributed by atoms with Crippen molar-refractivity contribution in [3.63, 3.8) is 0 Å². The van der Waals surface area contributed by atoms with Crippen LogP contribution in [-0.2, 0) is 4.79 Å². The quantitative estimate of drug-likeness (QED) is 0.877. The van der Waals surface area contributed by atoms with Crippen molar-refractivity contribution in [3.8, 4) is 0 Å². The number of amides is 1. The van der Waals surface area contributed by atoms with Crippen LogP contribution in [0.1, 0.15) is 29.5 Å². The van der Waals surface area contributed by atoms with Crippen molar-refractivity contribution in [3.05, 3.63) is 65.2 Å². The lowest BCUT2D eigenvalue weighted by Crippen LogP contribution is -2.40. The smallest absolute Gasteiger partial charge is 0.240 e. The highest BCUT2D eigenvalue weighted by Crippen LogP contribution is 2.26. The molecule has 2 aromatic rings. The third-order valence-electron chi connectivity index (χ3n) is 4.35. The van der Waals surface area contributed by atoms with E-state index in [-0.39, 0.29) is 11.9 Å². The van der Waals surface area contributed by atoms with Gasteiger partial charge >= 0.3 is 0 Å². The second-order valence-electron chi connectivity index (χ2n) is 6.09. The van der Waals surface area contributed by atoms with Gasteiger partial charge in [0.15, 0.2) is 0 Å². The van der Waals surface area contributed by atoms with Gasteiger partial charge in [0.1, 0.15) is 6.04 Å². The average Bonchev–Trinajstić information content (AvgIpc) is 3.05. The fourth-order valence-corrected chi connectivity index (χ4v) is 3.02. The van der Waals surface area contributed by atoms with E-state index in [1.165, 1.54) is 11.1 Å². The molecule has 1 atom stereocenters. The summed E-state index contributed by atoms with van der Waals surface area (Å²) in [5, 5.41) is 0. The van der Waals surface area contributed by atoms with Crippen molar-refractivity contribution >= 4 is 23.7 Å². The Kier molecular flexibility index (Phi) is 4.47. The van der Waals surface area contributed by atoms with Gasteiger partial charge in [-0.1, -0.05) is 54.1 Å². The molecule has 1 aliphatic rings. The van der Waals surface area contributed by atoms with Crippen LogP contribution in [0.5, 0.6) is 0 Å². The first-order valence-corrected chi connectivity index (χ1v) is 8.04. The van der Waals surface area contributed by atoms with Crippen LogP contribution in [0.15, 0.2) is 48.5 Å². The summed E-state index contributed by atoms with van der Waals surface area (Å²) in [4.78, 5) is 13.6. The Labute approximate surface area is 137 Å². The average molecular weight is 306 g/mol. The number of rotatable bonds is 4. The van der Waals surface area contributed by atoms with Gasteiger partial charge in [-0.05, 0) is 43.0 Å². The lowest BCUT2D eigenvalue weighted by Gasteiger charge is -2.24. The summed E-state index contributed by atoms with van der Waals surface area (Å²) in [6.07, 6.45) is 6.08. The summed E-state index contributed by atoms with van der Waals surface area (Å²) in [6.45, 7) is 2.98. The first-order chi connectivity index (χ1) is 11.1. The normalized spacial score (nSPS) is 17.8. The molecular formula is C20H22N2O. The fraction of sp³-hybridized carbons (Fsp3) is 0.250. The molecule has 3 rings (SSSR count). The SMILES string of the molecule is Cc1ccc(/C=C/c2ccc(N3CCC[C@@H]3C(N)=O)cc2)cc1. The van der Waals surface area contributed by atoms with Crippen molar-refractivity contribution in [2.75, 3.05) is 11.4 Å². The summed E-state index contributed by atoms with van der Waals surface area (Å²) >= 11 is 0. The molecule has 1 aliphatic heterocycles. The molecule has 0 aliphatic carbocycles. The standard InChI is InChI=1S/C20H22N2O/c1-15-4-6-16(7-5-15)8-9-17-10-12-18(13-11-17)22-14-2-3-19(22)20(21)23/h4-13,19H,2-3,14H2,1H3,(H2,21,23)/b9-8+/t19-/m1/s1. The molecule has 1 saturated heterocycles. The minimum Gasteiger partial charge on any atom is -0.368 e. The maximum absolute atomic E-state index is 11.5. The van der Waals surface area contributed by atoms with Crippen LogP contribution in [-0.4, -0.2) is 18.5 Å². The van der Waals surface area contributed by atoms with E-state index in [2.05, 4.69) is 72.5 Å². The van der Waals surface area contributed by atoms with Crippen molar-refractivity contribution in [2.24, 2.45) is 5.73 Å². The number of carbonyl (C=O) groups excluding carboxylic acids is 1.